The number of nitrogens with zero attached hydrogens (tertiary/aromatic N) is 1. The quantitative estimate of drug-likeness (QED) is 0.143. The summed E-state index contributed by atoms with van der Waals surface area (Å²) < 4.78 is 1.00. The van der Waals surface area contributed by atoms with Gasteiger partial charge in [-0.15, -0.1) is 0 Å². The Labute approximate surface area is 269 Å². The van der Waals surface area contributed by atoms with Crippen molar-refractivity contribution < 1.29 is 14.4 Å². The molecule has 0 N–H and O–H groups in total. The number of rotatable bonds is 5. The number of carbonyl (C=O) groups excluding carboxylic acids is 3. The molecule has 1 heterocycles. The van der Waals surface area contributed by atoms with E-state index in [1.807, 2.05) is 146 Å². The summed E-state index contributed by atoms with van der Waals surface area (Å²) >= 11 is 2.21. The lowest BCUT2D eigenvalue weighted by Crippen LogP contribution is -2.45. The SMILES string of the molecule is O=C1[C@H]2[C@H](C(=O)N1c1ccc(I)cc1)[C@@]1(c3ccccc3)C(=O)[C@@]2(c2ccccc2)C(c2ccccc2)=C1c1ccccc1. The molecule has 1 aliphatic heterocycles. The van der Waals surface area contributed by atoms with Crippen LogP contribution < -0.4 is 4.90 Å². The lowest BCUT2D eigenvalue weighted by atomic mass is 9.59. The average molecular weight is 684 g/mol. The first-order valence-corrected chi connectivity index (χ1v) is 15.8. The van der Waals surface area contributed by atoms with Crippen LogP contribution in [0.25, 0.3) is 11.1 Å². The third-order valence-corrected chi connectivity index (χ3v) is 10.4. The van der Waals surface area contributed by atoms with Gasteiger partial charge in [0.25, 0.3) is 0 Å². The Hall–Kier alpha value is -4.62. The van der Waals surface area contributed by atoms with Crippen LogP contribution in [0.1, 0.15) is 22.3 Å². The number of Topliss-reactive ketones (excluding diaryl/α,β-unsaturated/α-hetero) is 1. The van der Waals surface area contributed by atoms with E-state index in [0.29, 0.717) is 5.69 Å². The molecule has 44 heavy (non-hydrogen) atoms. The lowest BCUT2D eigenvalue weighted by Gasteiger charge is -2.39. The highest BCUT2D eigenvalue weighted by Gasteiger charge is 2.82. The number of fused-ring (bicyclic) bond motifs is 5. The molecule has 0 unspecified atom stereocenters. The minimum atomic E-state index is -1.39. The summed E-state index contributed by atoms with van der Waals surface area (Å²) in [6.07, 6.45) is 0. The molecule has 2 amide bonds. The largest absolute Gasteiger partial charge is 0.297 e. The van der Waals surface area contributed by atoms with Gasteiger partial charge in [-0.05, 0) is 80.3 Å². The Morgan fingerprint density at radius 2 is 0.841 bits per heavy atom. The molecule has 3 aliphatic rings. The predicted octanol–water partition coefficient (Wildman–Crippen LogP) is 7.48. The summed E-state index contributed by atoms with van der Waals surface area (Å²) in [4.78, 5) is 47.0. The van der Waals surface area contributed by atoms with Gasteiger partial charge in [0.15, 0.2) is 5.78 Å². The molecule has 0 aromatic heterocycles. The summed E-state index contributed by atoms with van der Waals surface area (Å²) in [5.41, 5.74) is 2.54. The third kappa shape index (κ3) is 3.36. The topological polar surface area (TPSA) is 54.5 Å². The standard InChI is InChI=1S/C39H26INO3/c40-29-21-23-30(24-22-29)41-35(42)33-34(36(41)43)39(28-19-11-4-12-20-28)32(26-15-7-2-8-16-26)31(25-13-5-1-6-14-25)38(33,37(39)44)27-17-9-3-10-18-27/h1-24,33-34H/t33-,34-,38+,39+/m1/s1. The predicted molar refractivity (Wildman–Crippen MR) is 180 cm³/mol. The fourth-order valence-corrected chi connectivity index (χ4v) is 8.54. The molecule has 212 valence electrons. The van der Waals surface area contributed by atoms with Gasteiger partial charge in [-0.1, -0.05) is 121 Å². The summed E-state index contributed by atoms with van der Waals surface area (Å²) in [5, 5.41) is 0. The number of anilines is 1. The first-order valence-electron chi connectivity index (χ1n) is 14.7. The fraction of sp³-hybridized carbons (Fsp3) is 0.103. The van der Waals surface area contributed by atoms with Gasteiger partial charge in [0, 0.05) is 3.57 Å². The minimum Gasteiger partial charge on any atom is -0.297 e. The van der Waals surface area contributed by atoms with Crippen LogP contribution in [-0.4, -0.2) is 17.6 Å². The second-order valence-electron chi connectivity index (χ2n) is 11.6. The van der Waals surface area contributed by atoms with E-state index in [1.54, 1.807) is 0 Å². The average Bonchev–Trinajstić information content (AvgIpc) is 3.59. The second kappa shape index (κ2) is 9.96. The van der Waals surface area contributed by atoms with Crippen molar-refractivity contribution in [2.75, 3.05) is 4.90 Å². The number of hydrogen-bond donors (Lipinski definition) is 0. The smallest absolute Gasteiger partial charge is 0.239 e. The Morgan fingerprint density at radius 3 is 1.23 bits per heavy atom. The van der Waals surface area contributed by atoms with Crippen molar-refractivity contribution >= 4 is 57.0 Å². The molecule has 4 nitrogen and oxygen atoms in total. The van der Waals surface area contributed by atoms with Crippen molar-refractivity contribution in [2.24, 2.45) is 11.8 Å². The molecule has 5 aromatic carbocycles. The molecular weight excluding hydrogens is 657 g/mol. The normalized spacial score (nSPS) is 25.6. The highest BCUT2D eigenvalue weighted by Crippen LogP contribution is 2.74. The van der Waals surface area contributed by atoms with Crippen molar-refractivity contribution in [3.63, 3.8) is 0 Å². The number of carbonyl (C=O) groups is 3. The van der Waals surface area contributed by atoms with Crippen LogP contribution in [0.3, 0.4) is 0 Å². The van der Waals surface area contributed by atoms with Gasteiger partial charge < -0.3 is 0 Å². The molecule has 2 aliphatic carbocycles. The van der Waals surface area contributed by atoms with Crippen molar-refractivity contribution in [1.82, 2.24) is 0 Å². The summed E-state index contributed by atoms with van der Waals surface area (Å²) in [7, 11) is 0. The van der Waals surface area contributed by atoms with E-state index in [0.717, 1.165) is 37.0 Å². The van der Waals surface area contributed by atoms with Crippen molar-refractivity contribution in [3.05, 3.63) is 171 Å². The first-order chi connectivity index (χ1) is 21.5. The van der Waals surface area contributed by atoms with Gasteiger partial charge in [-0.3, -0.25) is 14.4 Å². The molecule has 8 rings (SSSR count). The van der Waals surface area contributed by atoms with Gasteiger partial charge in [-0.25, -0.2) is 4.90 Å². The maximum absolute atomic E-state index is 15.8. The first kappa shape index (κ1) is 27.0. The summed E-state index contributed by atoms with van der Waals surface area (Å²) in [6, 6.07) is 46.5. The number of allylic oxidation sites excluding steroid dienone is 2. The molecular formula is C39H26INO3. The van der Waals surface area contributed by atoms with Crippen LogP contribution in [0, 0.1) is 15.4 Å². The zero-order chi connectivity index (χ0) is 30.1. The molecule has 1 saturated carbocycles. The monoisotopic (exact) mass is 683 g/mol. The van der Waals surface area contributed by atoms with Crippen LogP contribution in [0.5, 0.6) is 0 Å². The molecule has 5 heteroatoms. The van der Waals surface area contributed by atoms with Crippen LogP contribution in [-0.2, 0) is 25.2 Å². The fourth-order valence-electron chi connectivity index (χ4n) is 8.18. The van der Waals surface area contributed by atoms with Gasteiger partial charge in [0.2, 0.25) is 11.8 Å². The zero-order valence-corrected chi connectivity index (χ0v) is 25.7. The van der Waals surface area contributed by atoms with Crippen molar-refractivity contribution in [2.45, 2.75) is 10.8 Å². The van der Waals surface area contributed by atoms with E-state index in [-0.39, 0.29) is 17.6 Å². The van der Waals surface area contributed by atoms with Crippen molar-refractivity contribution in [1.29, 1.82) is 0 Å². The minimum absolute atomic E-state index is 0.112. The zero-order valence-electron chi connectivity index (χ0n) is 23.6. The number of imide groups is 1. The van der Waals surface area contributed by atoms with Gasteiger partial charge in [0.05, 0.1) is 28.4 Å². The number of amides is 2. The van der Waals surface area contributed by atoms with E-state index in [1.165, 1.54) is 4.90 Å². The molecule has 4 atom stereocenters. The molecule has 1 saturated heterocycles. The van der Waals surface area contributed by atoms with Gasteiger partial charge in [0.1, 0.15) is 0 Å². The van der Waals surface area contributed by atoms with Crippen molar-refractivity contribution in [3.8, 4) is 0 Å². The molecule has 0 spiro atoms. The van der Waals surface area contributed by atoms with Gasteiger partial charge >= 0.3 is 0 Å². The van der Waals surface area contributed by atoms with E-state index in [2.05, 4.69) is 22.6 Å². The van der Waals surface area contributed by atoms with Gasteiger partial charge in [-0.2, -0.15) is 0 Å². The Bertz CT molecular complexity index is 1850. The number of ketones is 1. The molecule has 2 fully saturated rings. The van der Waals surface area contributed by atoms with Crippen LogP contribution in [0.4, 0.5) is 5.69 Å². The summed E-state index contributed by atoms with van der Waals surface area (Å²) in [5.74, 6) is -2.63. The lowest BCUT2D eigenvalue weighted by molar-refractivity contribution is -0.130. The molecule has 5 aromatic rings. The van der Waals surface area contributed by atoms with Crippen LogP contribution in [0.2, 0.25) is 0 Å². The highest BCUT2D eigenvalue weighted by molar-refractivity contribution is 14.1. The Morgan fingerprint density at radius 1 is 0.477 bits per heavy atom. The van der Waals surface area contributed by atoms with Crippen LogP contribution in [0.15, 0.2) is 146 Å². The van der Waals surface area contributed by atoms with E-state index in [9.17, 15) is 9.59 Å². The van der Waals surface area contributed by atoms with E-state index < -0.39 is 22.7 Å². The number of benzene rings is 5. The maximum Gasteiger partial charge on any atom is 0.239 e. The van der Waals surface area contributed by atoms with Crippen LogP contribution >= 0.6 is 22.6 Å². The maximum atomic E-state index is 15.8. The Kier molecular flexibility index (Phi) is 6.10. The molecule has 0 radical (unpaired) electrons. The molecule has 2 bridgehead atoms. The van der Waals surface area contributed by atoms with E-state index >= 15 is 4.79 Å². The number of hydrogen-bond acceptors (Lipinski definition) is 3. The third-order valence-electron chi connectivity index (χ3n) is 9.66. The number of halogens is 1. The van der Waals surface area contributed by atoms with E-state index in [4.69, 9.17) is 0 Å². The Balaban J connectivity index is 1.55. The highest BCUT2D eigenvalue weighted by atomic mass is 127. The second-order valence-corrected chi connectivity index (χ2v) is 12.8. The summed E-state index contributed by atoms with van der Waals surface area (Å²) in [6.45, 7) is 0.